The van der Waals surface area contributed by atoms with Gasteiger partial charge in [0.2, 0.25) is 0 Å². The Kier molecular flexibility index (Phi) is 3.31. The largest absolute Gasteiger partial charge is 0.477 e. The van der Waals surface area contributed by atoms with E-state index in [0.29, 0.717) is 16.5 Å². The number of hydrogen-bond acceptors (Lipinski definition) is 5. The van der Waals surface area contributed by atoms with Gasteiger partial charge in [-0.2, -0.15) is 0 Å². The van der Waals surface area contributed by atoms with Crippen LogP contribution in [0.5, 0.6) is 0 Å². The van der Waals surface area contributed by atoms with E-state index in [4.69, 9.17) is 5.11 Å². The highest BCUT2D eigenvalue weighted by molar-refractivity contribution is 7.98. The lowest BCUT2D eigenvalue weighted by Gasteiger charge is -2.05. The van der Waals surface area contributed by atoms with Crippen molar-refractivity contribution in [1.82, 2.24) is 19.7 Å². The number of rotatable bonds is 5. The van der Waals surface area contributed by atoms with Crippen molar-refractivity contribution >= 4 is 17.7 Å². The van der Waals surface area contributed by atoms with Gasteiger partial charge in [0.25, 0.3) is 0 Å². The van der Waals surface area contributed by atoms with E-state index < -0.39 is 5.97 Å². The molecule has 2 N–H and O–H groups in total. The Bertz CT molecular complexity index is 705. The third kappa shape index (κ3) is 2.46. The standard InChI is InChI=1S/C12H12N4O3S/c17-10(18)9-7(2-1-5-13-9)6-20-12-15-14-11(19)16(12)8-3-4-8/h1-2,5,8H,3-4,6H2,(H,14,19)(H,17,18). The number of carboxylic acid groups (broad SMARTS) is 1. The Morgan fingerprint density at radius 2 is 2.35 bits per heavy atom. The zero-order chi connectivity index (χ0) is 14.1. The van der Waals surface area contributed by atoms with Crippen LogP contribution in [0.3, 0.4) is 0 Å². The third-order valence-electron chi connectivity index (χ3n) is 3.03. The minimum atomic E-state index is -1.05. The number of H-pyrrole nitrogens is 1. The Balaban J connectivity index is 1.80. The fraction of sp³-hybridized carbons (Fsp3) is 0.333. The van der Waals surface area contributed by atoms with Crippen LogP contribution < -0.4 is 5.69 Å². The van der Waals surface area contributed by atoms with Crippen molar-refractivity contribution in [2.24, 2.45) is 0 Å². The summed E-state index contributed by atoms with van der Waals surface area (Å²) in [4.78, 5) is 26.6. The number of nitrogens with zero attached hydrogens (tertiary/aromatic N) is 3. The van der Waals surface area contributed by atoms with Gasteiger partial charge >= 0.3 is 11.7 Å². The van der Waals surface area contributed by atoms with E-state index in [1.807, 2.05) is 0 Å². The minimum Gasteiger partial charge on any atom is -0.477 e. The molecule has 1 fully saturated rings. The highest BCUT2D eigenvalue weighted by Crippen LogP contribution is 2.36. The number of aromatic carboxylic acids is 1. The molecule has 0 spiro atoms. The summed E-state index contributed by atoms with van der Waals surface area (Å²) in [6.07, 6.45) is 3.42. The van der Waals surface area contributed by atoms with Crippen molar-refractivity contribution in [1.29, 1.82) is 0 Å². The maximum Gasteiger partial charge on any atom is 0.354 e. The Hall–Kier alpha value is -2.09. The summed E-state index contributed by atoms with van der Waals surface area (Å²) in [5.41, 5.74) is 0.443. The maximum absolute atomic E-state index is 11.6. The number of hydrogen-bond donors (Lipinski definition) is 2. The molecule has 0 radical (unpaired) electrons. The SMILES string of the molecule is O=C(O)c1ncccc1CSc1n[nH]c(=O)n1C1CC1. The Morgan fingerprint density at radius 3 is 3.05 bits per heavy atom. The molecule has 2 heterocycles. The van der Waals surface area contributed by atoms with Crippen LogP contribution in [0.25, 0.3) is 0 Å². The lowest BCUT2D eigenvalue weighted by atomic mass is 10.2. The fourth-order valence-electron chi connectivity index (χ4n) is 1.94. The summed E-state index contributed by atoms with van der Waals surface area (Å²) in [5, 5.41) is 16.1. The zero-order valence-electron chi connectivity index (χ0n) is 10.4. The predicted molar refractivity (Wildman–Crippen MR) is 71.9 cm³/mol. The van der Waals surface area contributed by atoms with Gasteiger partial charge in [-0.25, -0.2) is 19.7 Å². The van der Waals surface area contributed by atoms with Gasteiger partial charge < -0.3 is 5.11 Å². The summed E-state index contributed by atoms with van der Waals surface area (Å²) in [6.45, 7) is 0. The van der Waals surface area contributed by atoms with E-state index >= 15 is 0 Å². The van der Waals surface area contributed by atoms with E-state index in [-0.39, 0.29) is 17.4 Å². The average Bonchev–Trinajstić information content (AvgIpc) is 3.20. The molecule has 1 aliphatic carbocycles. The topological polar surface area (TPSA) is 101 Å². The van der Waals surface area contributed by atoms with Crippen molar-refractivity contribution in [3.8, 4) is 0 Å². The van der Waals surface area contributed by atoms with E-state index in [1.54, 1.807) is 16.7 Å². The fourth-order valence-corrected chi connectivity index (χ4v) is 2.94. The molecule has 0 bridgehead atoms. The molecule has 2 aromatic heterocycles. The molecule has 0 aromatic carbocycles. The zero-order valence-corrected chi connectivity index (χ0v) is 11.3. The summed E-state index contributed by atoms with van der Waals surface area (Å²) >= 11 is 1.34. The molecular formula is C12H12N4O3S. The van der Waals surface area contributed by atoms with E-state index in [9.17, 15) is 9.59 Å². The lowest BCUT2D eigenvalue weighted by Crippen LogP contribution is -2.16. The quantitative estimate of drug-likeness (QED) is 0.805. The van der Waals surface area contributed by atoms with Gasteiger partial charge in [0.15, 0.2) is 10.9 Å². The minimum absolute atomic E-state index is 0.0378. The molecule has 0 saturated heterocycles. The highest BCUT2D eigenvalue weighted by atomic mass is 32.2. The van der Waals surface area contributed by atoms with E-state index in [1.165, 1.54) is 18.0 Å². The first-order chi connectivity index (χ1) is 9.66. The molecular weight excluding hydrogens is 280 g/mol. The van der Waals surface area contributed by atoms with Crippen molar-refractivity contribution in [3.05, 3.63) is 40.1 Å². The third-order valence-corrected chi connectivity index (χ3v) is 4.04. The lowest BCUT2D eigenvalue weighted by molar-refractivity contribution is 0.0689. The van der Waals surface area contributed by atoms with Gasteiger partial charge in [0, 0.05) is 18.0 Å². The van der Waals surface area contributed by atoms with Crippen LogP contribution >= 0.6 is 11.8 Å². The molecule has 0 unspecified atom stereocenters. The number of aromatic nitrogens is 4. The van der Waals surface area contributed by atoms with Crippen LogP contribution in [0.15, 0.2) is 28.3 Å². The molecule has 0 aliphatic heterocycles. The van der Waals surface area contributed by atoms with Gasteiger partial charge in [0.05, 0.1) is 0 Å². The molecule has 20 heavy (non-hydrogen) atoms. The van der Waals surface area contributed by atoms with Crippen LogP contribution in [0.4, 0.5) is 0 Å². The molecule has 1 aliphatic rings. The summed E-state index contributed by atoms with van der Waals surface area (Å²) in [7, 11) is 0. The molecule has 8 heteroatoms. The van der Waals surface area contributed by atoms with Crippen molar-refractivity contribution in [3.63, 3.8) is 0 Å². The number of thioether (sulfide) groups is 1. The maximum atomic E-state index is 11.6. The number of pyridine rings is 1. The van der Waals surface area contributed by atoms with E-state index in [2.05, 4.69) is 15.2 Å². The smallest absolute Gasteiger partial charge is 0.354 e. The summed E-state index contributed by atoms with van der Waals surface area (Å²) in [6, 6.07) is 3.65. The van der Waals surface area contributed by atoms with Gasteiger partial charge in [-0.15, -0.1) is 5.10 Å². The Labute approximate surface area is 118 Å². The normalized spacial score (nSPS) is 14.4. The second kappa shape index (κ2) is 5.12. The van der Waals surface area contributed by atoms with Crippen molar-refractivity contribution in [2.45, 2.75) is 29.8 Å². The van der Waals surface area contributed by atoms with Crippen LogP contribution in [-0.2, 0) is 5.75 Å². The molecule has 2 aromatic rings. The van der Waals surface area contributed by atoms with E-state index in [0.717, 1.165) is 12.8 Å². The Morgan fingerprint density at radius 1 is 1.55 bits per heavy atom. The molecule has 1 saturated carbocycles. The van der Waals surface area contributed by atoms with Gasteiger partial charge in [-0.05, 0) is 24.5 Å². The number of nitrogens with one attached hydrogen (secondary N) is 1. The van der Waals surface area contributed by atoms with Gasteiger partial charge in [-0.1, -0.05) is 17.8 Å². The van der Waals surface area contributed by atoms with Crippen molar-refractivity contribution < 1.29 is 9.90 Å². The van der Waals surface area contributed by atoms with Crippen LogP contribution in [0.1, 0.15) is 34.9 Å². The first-order valence-electron chi connectivity index (χ1n) is 6.13. The second-order valence-electron chi connectivity index (χ2n) is 4.52. The second-order valence-corrected chi connectivity index (χ2v) is 5.46. The summed E-state index contributed by atoms with van der Waals surface area (Å²) in [5.74, 6) is -0.644. The average molecular weight is 292 g/mol. The van der Waals surface area contributed by atoms with Gasteiger partial charge in [0.1, 0.15) is 0 Å². The first-order valence-corrected chi connectivity index (χ1v) is 7.12. The predicted octanol–water partition coefficient (Wildman–Crippen LogP) is 1.29. The monoisotopic (exact) mass is 292 g/mol. The summed E-state index contributed by atoms with van der Waals surface area (Å²) < 4.78 is 1.64. The molecule has 0 atom stereocenters. The molecule has 0 amide bonds. The van der Waals surface area contributed by atoms with Crippen LogP contribution in [0.2, 0.25) is 0 Å². The highest BCUT2D eigenvalue weighted by Gasteiger charge is 2.28. The molecule has 7 nitrogen and oxygen atoms in total. The number of aromatic amines is 1. The number of carboxylic acids is 1. The van der Waals surface area contributed by atoms with Crippen LogP contribution in [-0.4, -0.2) is 30.8 Å². The van der Waals surface area contributed by atoms with Crippen molar-refractivity contribution in [2.75, 3.05) is 0 Å². The van der Waals surface area contributed by atoms with Gasteiger partial charge in [-0.3, -0.25) is 4.57 Å². The number of carbonyl (C=O) groups is 1. The van der Waals surface area contributed by atoms with Crippen LogP contribution in [0, 0.1) is 0 Å². The molecule has 104 valence electrons. The molecule has 3 rings (SSSR count). The first kappa shape index (κ1) is 12.9.